The van der Waals surface area contributed by atoms with Crippen molar-refractivity contribution in [3.05, 3.63) is 157 Å². The van der Waals surface area contributed by atoms with Gasteiger partial charge in [-0.15, -0.1) is 11.3 Å². The van der Waals surface area contributed by atoms with Crippen LogP contribution in [0.25, 0.3) is 92.1 Å². The summed E-state index contributed by atoms with van der Waals surface area (Å²) in [5.74, 6) is 0. The van der Waals surface area contributed by atoms with E-state index in [9.17, 15) is 0 Å². The van der Waals surface area contributed by atoms with Crippen molar-refractivity contribution in [2.75, 3.05) is 0 Å². The number of aromatic nitrogens is 1. The molecule has 0 unspecified atom stereocenters. The van der Waals surface area contributed by atoms with Gasteiger partial charge in [0.2, 0.25) is 0 Å². The van der Waals surface area contributed by atoms with Gasteiger partial charge < -0.3 is 0 Å². The SMILES string of the molecule is CC=Cc1cc(-c2c3ccccc3c(-c3ccc4ccccc4c3)c3ccc(-c4nccc5c4sc4ccccc45)cc23)ccc1C. The zero-order valence-electron chi connectivity index (χ0n) is 26.3. The largest absolute Gasteiger partial charge is 0.255 e. The fraction of sp³-hybridized carbons (Fsp3) is 0.0444. The van der Waals surface area contributed by atoms with Crippen LogP contribution in [-0.4, -0.2) is 4.98 Å². The molecule has 2 aromatic heterocycles. The summed E-state index contributed by atoms with van der Waals surface area (Å²) < 4.78 is 2.52. The highest BCUT2D eigenvalue weighted by molar-refractivity contribution is 7.26. The van der Waals surface area contributed by atoms with Gasteiger partial charge in [0.1, 0.15) is 0 Å². The summed E-state index contributed by atoms with van der Waals surface area (Å²) in [5, 5.41) is 10.0. The first kappa shape index (κ1) is 27.7. The fourth-order valence-electron chi connectivity index (χ4n) is 7.30. The first-order chi connectivity index (χ1) is 23.2. The molecule has 0 fully saturated rings. The molecule has 0 amide bonds. The molecule has 0 aliphatic carbocycles. The number of allylic oxidation sites excluding steroid dienone is 1. The molecular formula is C45H31NS. The summed E-state index contributed by atoms with van der Waals surface area (Å²) in [5.41, 5.74) is 9.67. The molecule has 47 heavy (non-hydrogen) atoms. The number of thiophene rings is 1. The molecular weight excluding hydrogens is 587 g/mol. The Balaban J connectivity index is 1.40. The van der Waals surface area contributed by atoms with Gasteiger partial charge in [-0.05, 0) is 110 Å². The Bertz CT molecular complexity index is 2710. The van der Waals surface area contributed by atoms with Crippen molar-refractivity contribution in [1.29, 1.82) is 0 Å². The molecule has 0 saturated heterocycles. The van der Waals surface area contributed by atoms with E-state index in [1.54, 1.807) is 0 Å². The third-order valence-corrected chi connectivity index (χ3v) is 10.7. The maximum absolute atomic E-state index is 5.01. The zero-order chi connectivity index (χ0) is 31.5. The van der Waals surface area contributed by atoms with E-state index in [1.165, 1.54) is 85.9 Å². The molecule has 0 N–H and O–H groups in total. The highest BCUT2D eigenvalue weighted by atomic mass is 32.1. The second-order valence-corrected chi connectivity index (χ2v) is 13.4. The number of fused-ring (bicyclic) bond motifs is 6. The van der Waals surface area contributed by atoms with Crippen molar-refractivity contribution in [2.24, 2.45) is 0 Å². The van der Waals surface area contributed by atoms with Crippen LogP contribution in [0, 0.1) is 6.92 Å². The van der Waals surface area contributed by atoms with Crippen molar-refractivity contribution in [2.45, 2.75) is 13.8 Å². The molecule has 2 heterocycles. The second kappa shape index (κ2) is 11.0. The van der Waals surface area contributed by atoms with Crippen LogP contribution in [0.1, 0.15) is 18.1 Å². The lowest BCUT2D eigenvalue weighted by Gasteiger charge is -2.19. The number of pyridine rings is 1. The Morgan fingerprint density at radius 3 is 2.02 bits per heavy atom. The van der Waals surface area contributed by atoms with Gasteiger partial charge in [-0.25, -0.2) is 0 Å². The number of benzene rings is 7. The summed E-state index contributed by atoms with van der Waals surface area (Å²) in [6.45, 7) is 4.27. The molecule has 7 aromatic carbocycles. The van der Waals surface area contributed by atoms with Crippen LogP contribution < -0.4 is 0 Å². The lowest BCUT2D eigenvalue weighted by Crippen LogP contribution is -1.93. The molecule has 0 radical (unpaired) electrons. The molecule has 0 aliphatic rings. The summed E-state index contributed by atoms with van der Waals surface area (Å²) >= 11 is 1.83. The van der Waals surface area contributed by atoms with Crippen LogP contribution in [0.15, 0.2) is 146 Å². The minimum atomic E-state index is 1.04. The van der Waals surface area contributed by atoms with Crippen molar-refractivity contribution in [3.63, 3.8) is 0 Å². The average molecular weight is 618 g/mol. The van der Waals surface area contributed by atoms with Crippen LogP contribution >= 0.6 is 11.3 Å². The average Bonchev–Trinajstić information content (AvgIpc) is 3.50. The van der Waals surface area contributed by atoms with Crippen molar-refractivity contribution < 1.29 is 0 Å². The minimum absolute atomic E-state index is 1.04. The number of hydrogen-bond acceptors (Lipinski definition) is 2. The molecule has 0 saturated carbocycles. The maximum atomic E-state index is 5.01. The van der Waals surface area contributed by atoms with Crippen LogP contribution in [0.3, 0.4) is 0 Å². The van der Waals surface area contributed by atoms with Gasteiger partial charge in [0.05, 0.1) is 10.4 Å². The summed E-state index contributed by atoms with van der Waals surface area (Å²) in [4.78, 5) is 5.01. The van der Waals surface area contributed by atoms with Crippen molar-refractivity contribution in [1.82, 2.24) is 4.98 Å². The van der Waals surface area contributed by atoms with E-state index in [-0.39, 0.29) is 0 Å². The van der Waals surface area contributed by atoms with Gasteiger partial charge >= 0.3 is 0 Å². The summed E-state index contributed by atoms with van der Waals surface area (Å²) in [6.07, 6.45) is 6.30. The standard InChI is InChI=1S/C45H31NS/c1-3-10-30-25-32(18-17-28(30)2)43-37-15-7-6-14-36(37)42(33-20-19-29-11-4-5-12-31(29)26-33)38-22-21-34(27-40(38)43)44-45-39(23-24-46-44)35-13-8-9-16-41(35)47-45/h3-27H,1-2H3. The van der Waals surface area contributed by atoms with Gasteiger partial charge in [-0.1, -0.05) is 115 Å². The first-order valence-corrected chi connectivity index (χ1v) is 17.0. The molecule has 0 spiro atoms. The van der Waals surface area contributed by atoms with Crippen molar-refractivity contribution >= 4 is 69.9 Å². The first-order valence-electron chi connectivity index (χ1n) is 16.2. The van der Waals surface area contributed by atoms with E-state index in [0.29, 0.717) is 0 Å². The Labute approximate surface area is 278 Å². The number of aryl methyl sites for hydroxylation is 1. The van der Waals surface area contributed by atoms with Gasteiger partial charge in [0.25, 0.3) is 0 Å². The molecule has 0 bridgehead atoms. The summed E-state index contributed by atoms with van der Waals surface area (Å²) in [6, 6.07) is 49.2. The monoisotopic (exact) mass is 617 g/mol. The fourth-order valence-corrected chi connectivity index (χ4v) is 8.51. The Hall–Kier alpha value is -5.57. The molecule has 2 heteroatoms. The second-order valence-electron chi connectivity index (χ2n) is 12.3. The highest BCUT2D eigenvalue weighted by Gasteiger charge is 2.19. The minimum Gasteiger partial charge on any atom is -0.255 e. The predicted molar refractivity (Wildman–Crippen MR) is 205 cm³/mol. The Morgan fingerprint density at radius 1 is 0.532 bits per heavy atom. The molecule has 0 atom stereocenters. The molecule has 9 aromatic rings. The highest BCUT2D eigenvalue weighted by Crippen LogP contribution is 2.46. The molecule has 0 aliphatic heterocycles. The van der Waals surface area contributed by atoms with Crippen LogP contribution in [0.4, 0.5) is 0 Å². The van der Waals surface area contributed by atoms with Crippen LogP contribution in [0.5, 0.6) is 0 Å². The van der Waals surface area contributed by atoms with E-state index in [4.69, 9.17) is 4.98 Å². The van der Waals surface area contributed by atoms with E-state index < -0.39 is 0 Å². The third kappa shape index (κ3) is 4.48. The van der Waals surface area contributed by atoms with Gasteiger partial charge in [-0.2, -0.15) is 0 Å². The molecule has 222 valence electrons. The van der Waals surface area contributed by atoms with E-state index in [1.807, 2.05) is 17.5 Å². The van der Waals surface area contributed by atoms with E-state index >= 15 is 0 Å². The molecule has 1 nitrogen and oxygen atoms in total. The normalized spacial score (nSPS) is 12.0. The number of rotatable bonds is 4. The Morgan fingerprint density at radius 2 is 1.19 bits per heavy atom. The third-order valence-electron chi connectivity index (χ3n) is 9.54. The topological polar surface area (TPSA) is 12.9 Å². The van der Waals surface area contributed by atoms with Crippen molar-refractivity contribution in [3.8, 4) is 33.5 Å². The molecule has 9 rings (SSSR count). The van der Waals surface area contributed by atoms with Crippen LogP contribution in [-0.2, 0) is 0 Å². The van der Waals surface area contributed by atoms with Gasteiger partial charge in [0.15, 0.2) is 0 Å². The van der Waals surface area contributed by atoms with Gasteiger partial charge in [-0.3, -0.25) is 4.98 Å². The summed E-state index contributed by atoms with van der Waals surface area (Å²) in [7, 11) is 0. The zero-order valence-corrected chi connectivity index (χ0v) is 27.1. The van der Waals surface area contributed by atoms with E-state index in [0.717, 1.165) is 11.3 Å². The lowest BCUT2D eigenvalue weighted by atomic mass is 9.84. The lowest BCUT2D eigenvalue weighted by molar-refractivity contribution is 1.37. The number of nitrogens with zero attached hydrogens (tertiary/aromatic N) is 1. The van der Waals surface area contributed by atoms with E-state index in [2.05, 4.69) is 159 Å². The number of hydrogen-bond donors (Lipinski definition) is 0. The van der Waals surface area contributed by atoms with Crippen LogP contribution in [0.2, 0.25) is 0 Å². The quantitative estimate of drug-likeness (QED) is 0.179. The smallest absolute Gasteiger partial charge is 0.0880 e. The Kier molecular flexibility index (Phi) is 6.51. The maximum Gasteiger partial charge on any atom is 0.0880 e. The van der Waals surface area contributed by atoms with Gasteiger partial charge in [0, 0.05) is 27.2 Å². The predicted octanol–water partition coefficient (Wildman–Crippen LogP) is 13.3.